The number of nitrogens with zero attached hydrogens (tertiary/aromatic N) is 1. The average molecular weight is 320 g/mol. The summed E-state index contributed by atoms with van der Waals surface area (Å²) in [4.78, 5) is 24.5. The fourth-order valence-electron chi connectivity index (χ4n) is 2.82. The first-order valence-electron chi connectivity index (χ1n) is 6.87. The lowest BCUT2D eigenvalue weighted by Crippen LogP contribution is -2.48. The van der Waals surface area contributed by atoms with Gasteiger partial charge in [0.25, 0.3) is 0 Å². The standard InChI is InChI=1S/C12H20N2O6S/c1-20-8-5-10(11(15)16)14(7-8)12(17)13-6-9-3-2-4-21(9,18)19/h8-10H,2-7H2,1H3,(H,13,17)(H,15,16). The van der Waals surface area contributed by atoms with E-state index in [1.54, 1.807) is 0 Å². The minimum absolute atomic E-state index is 0.0294. The van der Waals surface area contributed by atoms with Gasteiger partial charge in [-0.15, -0.1) is 0 Å². The summed E-state index contributed by atoms with van der Waals surface area (Å²) >= 11 is 0. The fraction of sp³-hybridized carbons (Fsp3) is 0.833. The normalized spacial score (nSPS) is 31.3. The maximum absolute atomic E-state index is 12.1. The Morgan fingerprint density at radius 1 is 1.43 bits per heavy atom. The van der Waals surface area contributed by atoms with Crippen molar-refractivity contribution in [2.45, 2.75) is 36.7 Å². The Kier molecular flexibility index (Phi) is 4.72. The lowest BCUT2D eigenvalue weighted by Gasteiger charge is -2.22. The predicted molar refractivity (Wildman–Crippen MR) is 73.8 cm³/mol. The molecule has 3 unspecified atom stereocenters. The monoisotopic (exact) mass is 320 g/mol. The molecule has 3 atom stereocenters. The van der Waals surface area contributed by atoms with Crippen molar-refractivity contribution in [3.8, 4) is 0 Å². The molecule has 0 bridgehead atoms. The van der Waals surface area contributed by atoms with E-state index in [0.717, 1.165) is 0 Å². The molecule has 0 spiro atoms. The first-order valence-corrected chi connectivity index (χ1v) is 8.58. The molecule has 2 aliphatic rings. The highest BCUT2D eigenvalue weighted by atomic mass is 32.2. The van der Waals surface area contributed by atoms with Gasteiger partial charge in [0.15, 0.2) is 9.84 Å². The third kappa shape index (κ3) is 3.46. The molecule has 0 aromatic rings. The molecule has 2 saturated heterocycles. The van der Waals surface area contributed by atoms with E-state index in [-0.39, 0.29) is 31.4 Å². The second kappa shape index (κ2) is 6.18. The lowest BCUT2D eigenvalue weighted by molar-refractivity contribution is -0.141. The number of likely N-dealkylation sites (tertiary alicyclic amines) is 1. The zero-order chi connectivity index (χ0) is 15.6. The zero-order valence-electron chi connectivity index (χ0n) is 11.8. The van der Waals surface area contributed by atoms with Gasteiger partial charge in [-0.2, -0.15) is 0 Å². The summed E-state index contributed by atoms with van der Waals surface area (Å²) in [5, 5.41) is 11.1. The van der Waals surface area contributed by atoms with Crippen molar-refractivity contribution in [3.63, 3.8) is 0 Å². The van der Waals surface area contributed by atoms with Crippen LogP contribution in [0.25, 0.3) is 0 Å². The smallest absolute Gasteiger partial charge is 0.326 e. The number of amides is 2. The minimum Gasteiger partial charge on any atom is -0.480 e. The van der Waals surface area contributed by atoms with Crippen molar-refractivity contribution >= 4 is 21.8 Å². The number of aliphatic carboxylic acids is 1. The maximum atomic E-state index is 12.1. The first kappa shape index (κ1) is 16.0. The Morgan fingerprint density at radius 2 is 2.14 bits per heavy atom. The van der Waals surface area contributed by atoms with E-state index in [9.17, 15) is 18.0 Å². The highest BCUT2D eigenvalue weighted by Gasteiger charge is 2.40. The molecule has 120 valence electrons. The third-order valence-electron chi connectivity index (χ3n) is 4.09. The van der Waals surface area contributed by atoms with Crippen LogP contribution in [0.15, 0.2) is 0 Å². The van der Waals surface area contributed by atoms with Crippen LogP contribution in [-0.4, -0.2) is 73.8 Å². The number of hydrogen-bond donors (Lipinski definition) is 2. The molecule has 8 nitrogen and oxygen atoms in total. The second-order valence-corrected chi connectivity index (χ2v) is 7.82. The zero-order valence-corrected chi connectivity index (χ0v) is 12.6. The van der Waals surface area contributed by atoms with E-state index in [1.165, 1.54) is 12.0 Å². The molecule has 2 fully saturated rings. The van der Waals surface area contributed by atoms with Gasteiger partial charge in [-0.1, -0.05) is 0 Å². The van der Waals surface area contributed by atoms with Crippen molar-refractivity contribution in [1.29, 1.82) is 0 Å². The van der Waals surface area contributed by atoms with Crippen molar-refractivity contribution < 1.29 is 27.9 Å². The molecule has 0 aromatic heterocycles. The molecule has 0 saturated carbocycles. The number of carboxylic acid groups (broad SMARTS) is 1. The number of urea groups is 1. The van der Waals surface area contributed by atoms with E-state index >= 15 is 0 Å². The molecule has 0 radical (unpaired) electrons. The van der Waals surface area contributed by atoms with Gasteiger partial charge in [0.2, 0.25) is 0 Å². The van der Waals surface area contributed by atoms with Crippen LogP contribution in [0.4, 0.5) is 4.79 Å². The Bertz CT molecular complexity index is 520. The Morgan fingerprint density at radius 3 is 2.67 bits per heavy atom. The van der Waals surface area contributed by atoms with Gasteiger partial charge in [0, 0.05) is 26.6 Å². The van der Waals surface area contributed by atoms with E-state index < -0.39 is 33.1 Å². The van der Waals surface area contributed by atoms with Gasteiger partial charge in [0.05, 0.1) is 17.1 Å². The van der Waals surface area contributed by atoms with E-state index in [0.29, 0.717) is 12.8 Å². The number of carbonyl (C=O) groups is 2. The highest BCUT2D eigenvalue weighted by Crippen LogP contribution is 2.22. The summed E-state index contributed by atoms with van der Waals surface area (Å²) in [5.41, 5.74) is 0. The molecule has 9 heteroatoms. The Labute approximate surface area is 123 Å². The van der Waals surface area contributed by atoms with Crippen molar-refractivity contribution in [1.82, 2.24) is 10.2 Å². The van der Waals surface area contributed by atoms with Gasteiger partial charge in [-0.3, -0.25) is 0 Å². The van der Waals surface area contributed by atoms with Gasteiger partial charge < -0.3 is 20.1 Å². The third-order valence-corrected chi connectivity index (χ3v) is 6.36. The molecular weight excluding hydrogens is 300 g/mol. The number of carbonyl (C=O) groups excluding carboxylic acids is 1. The number of hydrogen-bond acceptors (Lipinski definition) is 5. The summed E-state index contributed by atoms with van der Waals surface area (Å²) in [6, 6.07) is -1.49. The highest BCUT2D eigenvalue weighted by molar-refractivity contribution is 7.92. The molecule has 0 aromatic carbocycles. The molecule has 0 aliphatic carbocycles. The fourth-order valence-corrected chi connectivity index (χ4v) is 4.58. The molecular formula is C12H20N2O6S. The van der Waals surface area contributed by atoms with Crippen LogP contribution in [0.1, 0.15) is 19.3 Å². The Hall–Kier alpha value is -1.35. The predicted octanol–water partition coefficient (Wildman–Crippen LogP) is -0.553. The van der Waals surface area contributed by atoms with Crippen LogP contribution < -0.4 is 5.32 Å². The molecule has 2 rings (SSSR count). The summed E-state index contributed by atoms with van der Waals surface area (Å²) in [5.74, 6) is -0.931. The van der Waals surface area contributed by atoms with Gasteiger partial charge >= 0.3 is 12.0 Å². The number of methoxy groups -OCH3 is 1. The largest absolute Gasteiger partial charge is 0.480 e. The number of nitrogens with one attached hydrogen (secondary N) is 1. The van der Waals surface area contributed by atoms with Crippen LogP contribution in [0.3, 0.4) is 0 Å². The quantitative estimate of drug-likeness (QED) is 0.718. The molecule has 21 heavy (non-hydrogen) atoms. The molecule has 2 aliphatic heterocycles. The summed E-state index contributed by atoms with van der Waals surface area (Å²) < 4.78 is 28.5. The SMILES string of the molecule is COC1CC(C(=O)O)N(C(=O)NCC2CCCS2(=O)=O)C1. The molecule has 2 heterocycles. The number of rotatable bonds is 4. The topological polar surface area (TPSA) is 113 Å². The first-order chi connectivity index (χ1) is 9.85. The number of carboxylic acids is 1. The van der Waals surface area contributed by atoms with E-state index in [4.69, 9.17) is 9.84 Å². The van der Waals surface area contributed by atoms with Gasteiger partial charge in [0.1, 0.15) is 6.04 Å². The van der Waals surface area contributed by atoms with Crippen LogP contribution in [0.5, 0.6) is 0 Å². The van der Waals surface area contributed by atoms with Crippen LogP contribution >= 0.6 is 0 Å². The number of ether oxygens (including phenoxy) is 1. The van der Waals surface area contributed by atoms with Crippen molar-refractivity contribution in [2.24, 2.45) is 0 Å². The summed E-state index contributed by atoms with van der Waals surface area (Å²) in [6.07, 6.45) is 1.06. The van der Waals surface area contributed by atoms with Crippen LogP contribution in [-0.2, 0) is 19.4 Å². The maximum Gasteiger partial charge on any atom is 0.326 e. The average Bonchev–Trinajstić information content (AvgIpc) is 2.99. The summed E-state index contributed by atoms with van der Waals surface area (Å²) in [6.45, 7) is 0.221. The lowest BCUT2D eigenvalue weighted by atomic mass is 10.2. The van der Waals surface area contributed by atoms with Gasteiger partial charge in [-0.05, 0) is 12.8 Å². The molecule has 2 amide bonds. The Balaban J connectivity index is 1.94. The van der Waals surface area contributed by atoms with Crippen LogP contribution in [0, 0.1) is 0 Å². The van der Waals surface area contributed by atoms with Crippen molar-refractivity contribution in [3.05, 3.63) is 0 Å². The number of sulfone groups is 1. The van der Waals surface area contributed by atoms with Crippen LogP contribution in [0.2, 0.25) is 0 Å². The van der Waals surface area contributed by atoms with E-state index in [2.05, 4.69) is 5.32 Å². The molecule has 2 N–H and O–H groups in total. The van der Waals surface area contributed by atoms with Gasteiger partial charge in [-0.25, -0.2) is 18.0 Å². The second-order valence-electron chi connectivity index (χ2n) is 5.42. The van der Waals surface area contributed by atoms with E-state index in [1.807, 2.05) is 0 Å². The summed E-state index contributed by atoms with van der Waals surface area (Å²) in [7, 11) is -1.66. The minimum atomic E-state index is -3.13. The van der Waals surface area contributed by atoms with Crippen molar-refractivity contribution in [2.75, 3.05) is 26.0 Å².